The Morgan fingerprint density at radius 1 is 1.30 bits per heavy atom. The molecule has 1 saturated carbocycles. The number of nitrogens with zero attached hydrogens (tertiary/aromatic N) is 3. The van der Waals surface area contributed by atoms with E-state index in [9.17, 15) is 4.79 Å². The summed E-state index contributed by atoms with van der Waals surface area (Å²) in [7, 11) is 0. The second-order valence-corrected chi connectivity index (χ2v) is 7.54. The zero-order valence-electron chi connectivity index (χ0n) is 13.8. The predicted molar refractivity (Wildman–Crippen MR) is 91.7 cm³/mol. The molecular formula is C17H25N3O2S. The van der Waals surface area contributed by atoms with E-state index in [1.165, 1.54) is 50.3 Å². The first-order valence-electron chi connectivity index (χ1n) is 8.56. The number of carbonyl (C=O) groups excluding carboxylic acids is 1. The third-order valence-electron chi connectivity index (χ3n) is 4.92. The lowest BCUT2D eigenvalue weighted by atomic mass is 9.73. The minimum atomic E-state index is -0.202. The SMILES string of the molecule is CCOC(=O)CSc1cncc(N2CCC3(CCCCC3)C2)n1. The number of carbonyl (C=O) groups is 1. The quantitative estimate of drug-likeness (QED) is 0.608. The van der Waals surface area contributed by atoms with Gasteiger partial charge in [0.25, 0.3) is 0 Å². The Balaban J connectivity index is 1.60. The smallest absolute Gasteiger partial charge is 0.316 e. The van der Waals surface area contributed by atoms with Crippen molar-refractivity contribution in [3.8, 4) is 0 Å². The molecular weight excluding hydrogens is 310 g/mol. The fraction of sp³-hybridized carbons (Fsp3) is 0.706. The molecule has 0 unspecified atom stereocenters. The summed E-state index contributed by atoms with van der Waals surface area (Å²) in [5, 5.41) is 0.792. The van der Waals surface area contributed by atoms with Crippen LogP contribution in [0, 0.1) is 5.41 Å². The minimum Gasteiger partial charge on any atom is -0.465 e. The van der Waals surface area contributed by atoms with E-state index >= 15 is 0 Å². The van der Waals surface area contributed by atoms with Crippen LogP contribution in [0.5, 0.6) is 0 Å². The first-order valence-corrected chi connectivity index (χ1v) is 9.55. The Hall–Kier alpha value is -1.30. The standard InChI is InChI=1S/C17H25N3O2S/c1-2-22-16(21)12-23-15-11-18-10-14(19-15)20-9-8-17(13-20)6-4-3-5-7-17/h10-11H,2-9,12-13H2,1H3. The number of hydrogen-bond acceptors (Lipinski definition) is 6. The molecule has 1 saturated heterocycles. The molecule has 0 bridgehead atoms. The van der Waals surface area contributed by atoms with E-state index < -0.39 is 0 Å². The number of rotatable bonds is 5. The number of ether oxygens (including phenoxy) is 1. The Kier molecular flexibility index (Phi) is 5.41. The van der Waals surface area contributed by atoms with Crippen molar-refractivity contribution < 1.29 is 9.53 Å². The molecule has 3 rings (SSSR count). The molecule has 0 atom stereocenters. The predicted octanol–water partition coefficient (Wildman–Crippen LogP) is 3.29. The highest BCUT2D eigenvalue weighted by Gasteiger charge is 2.39. The fourth-order valence-electron chi connectivity index (χ4n) is 3.74. The van der Waals surface area contributed by atoms with E-state index in [1.54, 1.807) is 6.20 Å². The zero-order chi connectivity index (χ0) is 16.1. The second kappa shape index (κ2) is 7.51. The van der Waals surface area contributed by atoms with E-state index in [-0.39, 0.29) is 11.7 Å². The van der Waals surface area contributed by atoms with Crippen LogP contribution in [0.15, 0.2) is 17.4 Å². The monoisotopic (exact) mass is 335 g/mol. The Bertz CT molecular complexity index is 546. The van der Waals surface area contributed by atoms with Gasteiger partial charge in [-0.05, 0) is 31.6 Å². The van der Waals surface area contributed by atoms with Crippen LogP contribution in [-0.2, 0) is 9.53 Å². The van der Waals surface area contributed by atoms with Crippen molar-refractivity contribution in [2.75, 3.05) is 30.3 Å². The maximum absolute atomic E-state index is 11.5. The van der Waals surface area contributed by atoms with Crippen LogP contribution in [0.1, 0.15) is 45.4 Å². The molecule has 2 fully saturated rings. The third kappa shape index (κ3) is 4.16. The summed E-state index contributed by atoms with van der Waals surface area (Å²) < 4.78 is 4.95. The minimum absolute atomic E-state index is 0.202. The topological polar surface area (TPSA) is 55.3 Å². The van der Waals surface area contributed by atoms with Gasteiger partial charge in [-0.15, -0.1) is 0 Å². The summed E-state index contributed by atoms with van der Waals surface area (Å²) in [6.45, 7) is 4.41. The van der Waals surface area contributed by atoms with Crippen LogP contribution in [0.3, 0.4) is 0 Å². The molecule has 1 spiro atoms. The molecule has 5 nitrogen and oxygen atoms in total. The molecule has 1 aliphatic carbocycles. The molecule has 2 aliphatic rings. The second-order valence-electron chi connectivity index (χ2n) is 6.54. The molecule has 6 heteroatoms. The number of hydrogen-bond donors (Lipinski definition) is 0. The van der Waals surface area contributed by atoms with E-state index in [1.807, 2.05) is 13.1 Å². The van der Waals surface area contributed by atoms with Crippen molar-refractivity contribution in [1.82, 2.24) is 9.97 Å². The van der Waals surface area contributed by atoms with Crippen molar-refractivity contribution in [3.63, 3.8) is 0 Å². The van der Waals surface area contributed by atoms with Crippen molar-refractivity contribution in [2.45, 2.75) is 50.5 Å². The maximum atomic E-state index is 11.5. The first-order chi connectivity index (χ1) is 11.2. The fourth-order valence-corrected chi connectivity index (χ4v) is 4.38. The highest BCUT2D eigenvalue weighted by atomic mass is 32.2. The van der Waals surface area contributed by atoms with Gasteiger partial charge in [0.2, 0.25) is 0 Å². The molecule has 0 amide bonds. The van der Waals surface area contributed by atoms with Gasteiger partial charge < -0.3 is 9.64 Å². The molecule has 23 heavy (non-hydrogen) atoms. The zero-order valence-corrected chi connectivity index (χ0v) is 14.6. The van der Waals surface area contributed by atoms with Crippen LogP contribution in [0.25, 0.3) is 0 Å². The number of aromatic nitrogens is 2. The van der Waals surface area contributed by atoms with Gasteiger partial charge in [-0.1, -0.05) is 31.0 Å². The number of esters is 1. The normalized spacial score (nSPS) is 20.0. The van der Waals surface area contributed by atoms with Gasteiger partial charge in [0.15, 0.2) is 0 Å². The van der Waals surface area contributed by atoms with E-state index in [0.29, 0.717) is 12.0 Å². The summed E-state index contributed by atoms with van der Waals surface area (Å²) in [6.07, 6.45) is 11.7. The van der Waals surface area contributed by atoms with Gasteiger partial charge >= 0.3 is 5.97 Å². The molecule has 2 heterocycles. The first kappa shape index (κ1) is 16.6. The van der Waals surface area contributed by atoms with E-state index in [2.05, 4.69) is 14.9 Å². The Morgan fingerprint density at radius 2 is 2.13 bits per heavy atom. The average molecular weight is 335 g/mol. The maximum Gasteiger partial charge on any atom is 0.316 e. The molecule has 0 N–H and O–H groups in total. The van der Waals surface area contributed by atoms with Crippen LogP contribution >= 0.6 is 11.8 Å². The Labute approximate surface area is 142 Å². The third-order valence-corrected chi connectivity index (χ3v) is 5.79. The lowest BCUT2D eigenvalue weighted by Crippen LogP contribution is -2.29. The van der Waals surface area contributed by atoms with Crippen molar-refractivity contribution in [3.05, 3.63) is 12.4 Å². The molecule has 1 aromatic rings. The molecule has 1 aliphatic heterocycles. The molecule has 0 aromatic carbocycles. The van der Waals surface area contributed by atoms with Gasteiger partial charge in [-0.25, -0.2) is 4.98 Å². The van der Waals surface area contributed by atoms with Crippen LogP contribution in [0.2, 0.25) is 0 Å². The van der Waals surface area contributed by atoms with Gasteiger partial charge in [0.1, 0.15) is 10.8 Å². The summed E-state index contributed by atoms with van der Waals surface area (Å²) in [5.41, 5.74) is 0.508. The van der Waals surface area contributed by atoms with Crippen molar-refractivity contribution >= 4 is 23.5 Å². The lowest BCUT2D eigenvalue weighted by molar-refractivity contribution is -0.139. The highest BCUT2D eigenvalue weighted by Crippen LogP contribution is 2.44. The van der Waals surface area contributed by atoms with Crippen LogP contribution < -0.4 is 4.90 Å². The summed E-state index contributed by atoms with van der Waals surface area (Å²) in [4.78, 5) is 22.8. The summed E-state index contributed by atoms with van der Waals surface area (Å²) in [6, 6.07) is 0. The highest BCUT2D eigenvalue weighted by molar-refractivity contribution is 7.99. The summed E-state index contributed by atoms with van der Waals surface area (Å²) >= 11 is 1.39. The molecule has 1 aromatic heterocycles. The van der Waals surface area contributed by atoms with Gasteiger partial charge in [-0.2, -0.15) is 0 Å². The van der Waals surface area contributed by atoms with Crippen molar-refractivity contribution in [2.24, 2.45) is 5.41 Å². The Morgan fingerprint density at radius 3 is 2.91 bits per heavy atom. The number of thioether (sulfide) groups is 1. The largest absolute Gasteiger partial charge is 0.465 e. The van der Waals surface area contributed by atoms with Crippen LogP contribution in [-0.4, -0.2) is 41.4 Å². The van der Waals surface area contributed by atoms with E-state index in [0.717, 1.165) is 23.9 Å². The molecule has 126 valence electrons. The van der Waals surface area contributed by atoms with Gasteiger partial charge in [-0.3, -0.25) is 9.78 Å². The lowest BCUT2D eigenvalue weighted by Gasteiger charge is -2.33. The van der Waals surface area contributed by atoms with Crippen molar-refractivity contribution in [1.29, 1.82) is 0 Å². The number of anilines is 1. The van der Waals surface area contributed by atoms with Crippen LogP contribution in [0.4, 0.5) is 5.82 Å². The van der Waals surface area contributed by atoms with E-state index in [4.69, 9.17) is 4.74 Å². The summed E-state index contributed by atoms with van der Waals surface area (Å²) in [5.74, 6) is 1.03. The average Bonchev–Trinajstić information content (AvgIpc) is 2.98. The molecule has 0 radical (unpaired) electrons. The van der Waals surface area contributed by atoms with Gasteiger partial charge in [0.05, 0.1) is 24.8 Å². The van der Waals surface area contributed by atoms with Gasteiger partial charge in [0, 0.05) is 13.1 Å².